The van der Waals surface area contributed by atoms with Crippen LogP contribution in [0.5, 0.6) is 17.2 Å². The van der Waals surface area contributed by atoms with Gasteiger partial charge in [0.05, 0.1) is 14.2 Å². The monoisotopic (exact) mass is 397 g/mol. The number of rotatable bonds is 7. The minimum absolute atomic E-state index is 0.0241. The lowest BCUT2D eigenvalue weighted by atomic mass is 9.96. The van der Waals surface area contributed by atoms with Crippen LogP contribution in [0, 0.1) is 0 Å². The van der Waals surface area contributed by atoms with Crippen molar-refractivity contribution >= 4 is 5.91 Å². The second-order valence-corrected chi connectivity index (χ2v) is 7.51. The van der Waals surface area contributed by atoms with Gasteiger partial charge in [-0.05, 0) is 55.3 Å². The van der Waals surface area contributed by atoms with Gasteiger partial charge in [0, 0.05) is 17.2 Å². The Hall–Kier alpha value is -2.69. The summed E-state index contributed by atoms with van der Waals surface area (Å²) < 4.78 is 16.5. The SMILES string of the molecule is COc1ccc(OCc2cc(C(=O)NC3CCCCCCC3)ccc2OC)cc1. The molecule has 1 saturated carbocycles. The molecule has 0 aliphatic heterocycles. The molecular formula is C24H31NO4. The number of hydrogen-bond donors (Lipinski definition) is 1. The summed E-state index contributed by atoms with van der Waals surface area (Å²) in [6.07, 6.45) is 8.36. The standard InChI is InChI=1S/C24H31NO4/c1-27-21-11-13-22(14-12-21)29-17-19-16-18(10-15-23(19)28-2)24(26)25-20-8-6-4-3-5-7-9-20/h10-16,20H,3-9,17H2,1-2H3,(H,25,26). The summed E-state index contributed by atoms with van der Waals surface area (Å²) in [5.41, 5.74) is 1.48. The molecule has 3 rings (SSSR count). The predicted octanol–water partition coefficient (Wildman–Crippen LogP) is 5.13. The van der Waals surface area contributed by atoms with E-state index in [4.69, 9.17) is 14.2 Å². The molecule has 156 valence electrons. The summed E-state index contributed by atoms with van der Waals surface area (Å²) in [7, 11) is 3.26. The highest BCUT2D eigenvalue weighted by Crippen LogP contribution is 2.24. The minimum atomic E-state index is -0.0241. The molecule has 0 atom stereocenters. The summed E-state index contributed by atoms with van der Waals surface area (Å²) in [4.78, 5) is 12.8. The molecular weight excluding hydrogens is 366 g/mol. The normalized spacial score (nSPS) is 15.1. The van der Waals surface area contributed by atoms with Crippen LogP contribution in [-0.4, -0.2) is 26.2 Å². The summed E-state index contributed by atoms with van der Waals surface area (Å²) in [6, 6.07) is 13.2. The van der Waals surface area contributed by atoms with E-state index in [0.717, 1.165) is 29.9 Å². The van der Waals surface area contributed by atoms with Gasteiger partial charge in [-0.3, -0.25) is 4.79 Å². The largest absolute Gasteiger partial charge is 0.497 e. The molecule has 0 spiro atoms. The molecule has 0 saturated heterocycles. The predicted molar refractivity (Wildman–Crippen MR) is 114 cm³/mol. The van der Waals surface area contributed by atoms with E-state index in [-0.39, 0.29) is 11.9 Å². The molecule has 2 aromatic rings. The molecule has 1 fully saturated rings. The maximum Gasteiger partial charge on any atom is 0.251 e. The molecule has 1 amide bonds. The van der Waals surface area contributed by atoms with Crippen molar-refractivity contribution in [3.63, 3.8) is 0 Å². The molecule has 29 heavy (non-hydrogen) atoms. The van der Waals surface area contributed by atoms with Crippen LogP contribution in [-0.2, 0) is 6.61 Å². The number of ether oxygens (including phenoxy) is 3. The van der Waals surface area contributed by atoms with Crippen LogP contribution < -0.4 is 19.5 Å². The Kier molecular flexibility index (Phi) is 7.79. The maximum absolute atomic E-state index is 12.8. The van der Waals surface area contributed by atoms with Crippen LogP contribution in [0.2, 0.25) is 0 Å². The van der Waals surface area contributed by atoms with E-state index in [1.165, 1.54) is 32.1 Å². The zero-order valence-electron chi connectivity index (χ0n) is 17.4. The van der Waals surface area contributed by atoms with Crippen LogP contribution in [0.1, 0.15) is 60.9 Å². The average molecular weight is 398 g/mol. The second-order valence-electron chi connectivity index (χ2n) is 7.51. The van der Waals surface area contributed by atoms with Crippen molar-refractivity contribution in [1.82, 2.24) is 5.32 Å². The number of amides is 1. The van der Waals surface area contributed by atoms with Crippen molar-refractivity contribution in [2.75, 3.05) is 14.2 Å². The average Bonchev–Trinajstić information content (AvgIpc) is 2.74. The fourth-order valence-electron chi connectivity index (χ4n) is 3.73. The Morgan fingerprint density at radius 1 is 0.897 bits per heavy atom. The van der Waals surface area contributed by atoms with Crippen LogP contribution in [0.3, 0.4) is 0 Å². The van der Waals surface area contributed by atoms with Crippen molar-refractivity contribution in [3.8, 4) is 17.2 Å². The van der Waals surface area contributed by atoms with Gasteiger partial charge in [-0.1, -0.05) is 32.1 Å². The van der Waals surface area contributed by atoms with Gasteiger partial charge in [0.25, 0.3) is 5.91 Å². The first-order valence-corrected chi connectivity index (χ1v) is 10.4. The summed E-state index contributed by atoms with van der Waals surface area (Å²) in [6.45, 7) is 0.319. The van der Waals surface area contributed by atoms with Crippen molar-refractivity contribution in [1.29, 1.82) is 0 Å². The van der Waals surface area contributed by atoms with Gasteiger partial charge in [-0.2, -0.15) is 0 Å². The Bertz CT molecular complexity index is 780. The molecule has 1 aliphatic carbocycles. The van der Waals surface area contributed by atoms with Gasteiger partial charge in [0.2, 0.25) is 0 Å². The molecule has 1 aliphatic rings. The molecule has 0 heterocycles. The van der Waals surface area contributed by atoms with Crippen LogP contribution in [0.4, 0.5) is 0 Å². The van der Waals surface area contributed by atoms with Crippen molar-refractivity contribution in [2.45, 2.75) is 57.6 Å². The lowest BCUT2D eigenvalue weighted by Gasteiger charge is -2.21. The quantitative estimate of drug-likeness (QED) is 0.704. The minimum Gasteiger partial charge on any atom is -0.497 e. The number of hydrogen-bond acceptors (Lipinski definition) is 4. The van der Waals surface area contributed by atoms with Crippen molar-refractivity contribution in [2.24, 2.45) is 0 Å². The number of nitrogens with one attached hydrogen (secondary N) is 1. The lowest BCUT2D eigenvalue weighted by molar-refractivity contribution is 0.0930. The van der Waals surface area contributed by atoms with E-state index in [1.54, 1.807) is 14.2 Å². The molecule has 5 nitrogen and oxygen atoms in total. The van der Waals surface area contributed by atoms with E-state index in [1.807, 2.05) is 42.5 Å². The molecule has 0 radical (unpaired) electrons. The molecule has 2 aromatic carbocycles. The van der Waals surface area contributed by atoms with Crippen molar-refractivity contribution < 1.29 is 19.0 Å². The van der Waals surface area contributed by atoms with E-state index in [9.17, 15) is 4.79 Å². The highest BCUT2D eigenvalue weighted by molar-refractivity contribution is 5.94. The fourth-order valence-corrected chi connectivity index (χ4v) is 3.73. The summed E-state index contributed by atoms with van der Waals surface area (Å²) in [5.74, 6) is 2.20. The van der Waals surface area contributed by atoms with E-state index in [0.29, 0.717) is 17.9 Å². The number of benzene rings is 2. The van der Waals surface area contributed by atoms with E-state index >= 15 is 0 Å². The molecule has 0 bridgehead atoms. The highest BCUT2D eigenvalue weighted by atomic mass is 16.5. The van der Waals surface area contributed by atoms with Gasteiger partial charge >= 0.3 is 0 Å². The topological polar surface area (TPSA) is 56.8 Å². The van der Waals surface area contributed by atoms with Gasteiger partial charge in [0.1, 0.15) is 23.9 Å². The second kappa shape index (κ2) is 10.7. The smallest absolute Gasteiger partial charge is 0.251 e. The first-order valence-electron chi connectivity index (χ1n) is 10.4. The Balaban J connectivity index is 1.65. The first kappa shape index (κ1) is 21.0. The zero-order valence-corrected chi connectivity index (χ0v) is 17.4. The first-order chi connectivity index (χ1) is 14.2. The van der Waals surface area contributed by atoms with Gasteiger partial charge in [0.15, 0.2) is 0 Å². The Morgan fingerprint density at radius 2 is 1.55 bits per heavy atom. The maximum atomic E-state index is 12.8. The third-order valence-corrected chi connectivity index (χ3v) is 5.44. The van der Waals surface area contributed by atoms with E-state index in [2.05, 4.69) is 5.32 Å². The summed E-state index contributed by atoms with van der Waals surface area (Å²) in [5, 5.41) is 3.22. The number of carbonyl (C=O) groups excluding carboxylic acids is 1. The molecule has 0 unspecified atom stereocenters. The summed E-state index contributed by atoms with van der Waals surface area (Å²) >= 11 is 0. The van der Waals surface area contributed by atoms with Crippen LogP contribution in [0.15, 0.2) is 42.5 Å². The van der Waals surface area contributed by atoms with E-state index < -0.39 is 0 Å². The van der Waals surface area contributed by atoms with Gasteiger partial charge in [-0.25, -0.2) is 0 Å². The molecule has 0 aromatic heterocycles. The van der Waals surface area contributed by atoms with Crippen molar-refractivity contribution in [3.05, 3.63) is 53.6 Å². The Labute approximate surface area is 173 Å². The lowest BCUT2D eigenvalue weighted by Crippen LogP contribution is -2.35. The number of methoxy groups -OCH3 is 2. The van der Waals surface area contributed by atoms with Gasteiger partial charge < -0.3 is 19.5 Å². The van der Waals surface area contributed by atoms with Gasteiger partial charge in [-0.15, -0.1) is 0 Å². The highest BCUT2D eigenvalue weighted by Gasteiger charge is 2.16. The molecule has 1 N–H and O–H groups in total. The zero-order chi connectivity index (χ0) is 20.5. The van der Waals surface area contributed by atoms with Crippen LogP contribution in [0.25, 0.3) is 0 Å². The third kappa shape index (κ3) is 6.14. The third-order valence-electron chi connectivity index (χ3n) is 5.44. The Morgan fingerprint density at radius 3 is 2.21 bits per heavy atom. The molecule has 5 heteroatoms. The number of carbonyl (C=O) groups is 1. The van der Waals surface area contributed by atoms with Crippen LogP contribution >= 0.6 is 0 Å². The fraction of sp³-hybridized carbons (Fsp3) is 0.458.